The SMILES string of the molecule is Cc1ccc(NC(=O)N(C)CC2CCNCC2)cc1Cl. The van der Waals surface area contributed by atoms with Crippen LogP contribution in [0.2, 0.25) is 5.02 Å². The van der Waals surface area contributed by atoms with Crippen LogP contribution in [0.25, 0.3) is 0 Å². The number of piperidine rings is 1. The van der Waals surface area contributed by atoms with Gasteiger partial charge < -0.3 is 15.5 Å². The Kier molecular flexibility index (Phi) is 5.26. The van der Waals surface area contributed by atoms with Crippen LogP contribution in [0.1, 0.15) is 18.4 Å². The molecule has 0 atom stereocenters. The van der Waals surface area contributed by atoms with Gasteiger partial charge >= 0.3 is 6.03 Å². The zero-order valence-electron chi connectivity index (χ0n) is 12.1. The number of nitrogens with zero attached hydrogens (tertiary/aromatic N) is 1. The van der Waals surface area contributed by atoms with Gasteiger partial charge in [-0.15, -0.1) is 0 Å². The predicted octanol–water partition coefficient (Wildman–Crippen LogP) is 3.11. The van der Waals surface area contributed by atoms with Crippen LogP contribution in [0.5, 0.6) is 0 Å². The van der Waals surface area contributed by atoms with Crippen molar-refractivity contribution in [2.45, 2.75) is 19.8 Å². The standard InChI is InChI=1S/C15H22ClN3O/c1-11-3-4-13(9-14(11)16)18-15(20)19(2)10-12-5-7-17-8-6-12/h3-4,9,12,17H,5-8,10H2,1-2H3,(H,18,20). The number of amides is 2. The van der Waals surface area contributed by atoms with E-state index in [-0.39, 0.29) is 6.03 Å². The fourth-order valence-electron chi connectivity index (χ4n) is 2.42. The van der Waals surface area contributed by atoms with Crippen molar-refractivity contribution in [3.8, 4) is 0 Å². The quantitative estimate of drug-likeness (QED) is 0.900. The maximum atomic E-state index is 12.1. The van der Waals surface area contributed by atoms with Crippen molar-refractivity contribution >= 4 is 23.3 Å². The number of benzene rings is 1. The van der Waals surface area contributed by atoms with Gasteiger partial charge in [0.15, 0.2) is 0 Å². The lowest BCUT2D eigenvalue weighted by Crippen LogP contribution is -2.39. The summed E-state index contributed by atoms with van der Waals surface area (Å²) in [6, 6.07) is 5.48. The number of anilines is 1. The minimum atomic E-state index is -0.0801. The molecule has 0 aliphatic carbocycles. The number of aryl methyl sites for hydroxylation is 1. The Morgan fingerprint density at radius 2 is 2.15 bits per heavy atom. The van der Waals surface area contributed by atoms with Gasteiger partial charge in [-0.3, -0.25) is 0 Å². The summed E-state index contributed by atoms with van der Waals surface area (Å²) < 4.78 is 0. The molecule has 0 unspecified atom stereocenters. The zero-order chi connectivity index (χ0) is 14.5. The molecule has 0 radical (unpaired) electrons. The van der Waals surface area contributed by atoms with Gasteiger partial charge in [-0.05, 0) is 56.5 Å². The topological polar surface area (TPSA) is 44.4 Å². The summed E-state index contributed by atoms with van der Waals surface area (Å²) in [7, 11) is 1.84. The van der Waals surface area contributed by atoms with E-state index in [1.807, 2.05) is 26.1 Å². The molecule has 1 aliphatic heterocycles. The van der Waals surface area contributed by atoms with E-state index in [1.165, 1.54) is 0 Å². The molecule has 4 nitrogen and oxygen atoms in total. The van der Waals surface area contributed by atoms with Gasteiger partial charge in [-0.1, -0.05) is 17.7 Å². The van der Waals surface area contributed by atoms with E-state index in [2.05, 4.69) is 10.6 Å². The Morgan fingerprint density at radius 3 is 2.80 bits per heavy atom. The van der Waals surface area contributed by atoms with Gasteiger partial charge in [0.2, 0.25) is 0 Å². The summed E-state index contributed by atoms with van der Waals surface area (Å²) in [6.07, 6.45) is 2.27. The first kappa shape index (κ1) is 15.1. The Labute approximate surface area is 125 Å². The average molecular weight is 296 g/mol. The molecule has 0 bridgehead atoms. The Hall–Kier alpha value is -1.26. The third-order valence-electron chi connectivity index (χ3n) is 3.76. The van der Waals surface area contributed by atoms with E-state index in [9.17, 15) is 4.79 Å². The van der Waals surface area contributed by atoms with Crippen LogP contribution in [0.15, 0.2) is 18.2 Å². The third kappa shape index (κ3) is 4.12. The lowest BCUT2D eigenvalue weighted by Gasteiger charge is -2.27. The number of urea groups is 1. The first-order chi connectivity index (χ1) is 9.56. The van der Waals surface area contributed by atoms with Crippen LogP contribution in [-0.4, -0.2) is 37.6 Å². The van der Waals surface area contributed by atoms with Crippen molar-refractivity contribution in [2.24, 2.45) is 5.92 Å². The smallest absolute Gasteiger partial charge is 0.321 e. The monoisotopic (exact) mass is 295 g/mol. The highest BCUT2D eigenvalue weighted by Crippen LogP contribution is 2.20. The highest BCUT2D eigenvalue weighted by atomic mass is 35.5. The van der Waals surface area contributed by atoms with Gasteiger partial charge in [-0.2, -0.15) is 0 Å². The molecule has 110 valence electrons. The van der Waals surface area contributed by atoms with Crippen molar-refractivity contribution < 1.29 is 4.79 Å². The molecule has 0 saturated carbocycles. The molecule has 1 heterocycles. The second kappa shape index (κ2) is 6.95. The molecule has 0 spiro atoms. The number of nitrogens with one attached hydrogen (secondary N) is 2. The number of carbonyl (C=O) groups is 1. The molecule has 1 aromatic carbocycles. The molecule has 1 aromatic rings. The van der Waals surface area contributed by atoms with Gasteiger partial charge in [0.05, 0.1) is 0 Å². The third-order valence-corrected chi connectivity index (χ3v) is 4.17. The summed E-state index contributed by atoms with van der Waals surface area (Å²) in [5.74, 6) is 0.591. The van der Waals surface area contributed by atoms with Crippen LogP contribution in [0.3, 0.4) is 0 Å². The van der Waals surface area contributed by atoms with Crippen LogP contribution in [0.4, 0.5) is 10.5 Å². The number of hydrogen-bond donors (Lipinski definition) is 2. The minimum Gasteiger partial charge on any atom is -0.327 e. The molecular weight excluding hydrogens is 274 g/mol. The molecule has 5 heteroatoms. The van der Waals surface area contributed by atoms with Crippen LogP contribution < -0.4 is 10.6 Å². The van der Waals surface area contributed by atoms with Crippen molar-refractivity contribution in [1.29, 1.82) is 0 Å². The fourth-order valence-corrected chi connectivity index (χ4v) is 2.60. The largest absolute Gasteiger partial charge is 0.327 e. The lowest BCUT2D eigenvalue weighted by molar-refractivity contribution is 0.206. The molecule has 2 rings (SSSR count). The summed E-state index contributed by atoms with van der Waals surface area (Å²) in [5.41, 5.74) is 1.75. The predicted molar refractivity (Wildman–Crippen MR) is 83.4 cm³/mol. The van der Waals surface area contributed by atoms with E-state index in [1.54, 1.807) is 11.0 Å². The van der Waals surface area contributed by atoms with Crippen LogP contribution >= 0.6 is 11.6 Å². The van der Waals surface area contributed by atoms with E-state index in [4.69, 9.17) is 11.6 Å². The number of carbonyl (C=O) groups excluding carboxylic acids is 1. The Morgan fingerprint density at radius 1 is 1.45 bits per heavy atom. The van der Waals surface area contributed by atoms with E-state index < -0.39 is 0 Å². The highest BCUT2D eigenvalue weighted by molar-refractivity contribution is 6.31. The van der Waals surface area contributed by atoms with Gasteiger partial charge in [0.1, 0.15) is 0 Å². The molecule has 2 N–H and O–H groups in total. The summed E-state index contributed by atoms with van der Waals surface area (Å²) in [4.78, 5) is 13.9. The first-order valence-electron chi connectivity index (χ1n) is 7.05. The zero-order valence-corrected chi connectivity index (χ0v) is 12.8. The number of hydrogen-bond acceptors (Lipinski definition) is 2. The van der Waals surface area contributed by atoms with E-state index in [0.29, 0.717) is 10.9 Å². The molecule has 20 heavy (non-hydrogen) atoms. The van der Waals surface area contributed by atoms with E-state index in [0.717, 1.165) is 43.7 Å². The van der Waals surface area contributed by atoms with Crippen molar-refractivity contribution in [3.63, 3.8) is 0 Å². The Bertz CT molecular complexity index is 472. The summed E-state index contributed by atoms with van der Waals surface area (Å²) >= 11 is 6.06. The number of halogens is 1. The maximum Gasteiger partial charge on any atom is 0.321 e. The first-order valence-corrected chi connectivity index (χ1v) is 7.43. The minimum absolute atomic E-state index is 0.0801. The molecular formula is C15H22ClN3O. The summed E-state index contributed by atoms with van der Waals surface area (Å²) in [5, 5.41) is 6.89. The van der Waals surface area contributed by atoms with Crippen molar-refractivity contribution in [3.05, 3.63) is 28.8 Å². The van der Waals surface area contributed by atoms with Gasteiger partial charge in [-0.25, -0.2) is 4.79 Å². The normalized spacial score (nSPS) is 15.9. The maximum absolute atomic E-state index is 12.1. The van der Waals surface area contributed by atoms with Gasteiger partial charge in [0, 0.05) is 24.3 Å². The molecule has 0 aromatic heterocycles. The average Bonchev–Trinajstić information content (AvgIpc) is 2.44. The van der Waals surface area contributed by atoms with Crippen LogP contribution in [0, 0.1) is 12.8 Å². The van der Waals surface area contributed by atoms with Gasteiger partial charge in [0.25, 0.3) is 0 Å². The second-order valence-corrected chi connectivity index (χ2v) is 5.88. The molecule has 2 amide bonds. The van der Waals surface area contributed by atoms with E-state index >= 15 is 0 Å². The van der Waals surface area contributed by atoms with Crippen LogP contribution in [-0.2, 0) is 0 Å². The fraction of sp³-hybridized carbons (Fsp3) is 0.533. The number of rotatable bonds is 3. The molecule has 1 aliphatic rings. The highest BCUT2D eigenvalue weighted by Gasteiger charge is 2.18. The molecule has 1 saturated heterocycles. The second-order valence-electron chi connectivity index (χ2n) is 5.47. The molecule has 1 fully saturated rings. The summed E-state index contributed by atoms with van der Waals surface area (Å²) in [6.45, 7) is 4.84. The van der Waals surface area contributed by atoms with Crippen molar-refractivity contribution in [2.75, 3.05) is 32.0 Å². The Balaban J connectivity index is 1.88. The van der Waals surface area contributed by atoms with Crippen molar-refractivity contribution in [1.82, 2.24) is 10.2 Å². The lowest BCUT2D eigenvalue weighted by atomic mass is 9.98.